The minimum Gasteiger partial charge on any atom is -0.494 e. The van der Waals surface area contributed by atoms with Crippen molar-refractivity contribution >= 4 is 0 Å². The molecular formula is C29H36O. The second-order valence-corrected chi connectivity index (χ2v) is 8.40. The van der Waals surface area contributed by atoms with Crippen LogP contribution in [0.1, 0.15) is 81.4 Å². The van der Waals surface area contributed by atoms with Gasteiger partial charge < -0.3 is 4.74 Å². The van der Waals surface area contributed by atoms with Crippen LogP contribution in [0.5, 0.6) is 5.75 Å². The van der Waals surface area contributed by atoms with Crippen molar-refractivity contribution in [3.05, 3.63) is 77.4 Å². The zero-order valence-electron chi connectivity index (χ0n) is 18.7. The minimum absolute atomic E-state index is 0.671. The van der Waals surface area contributed by atoms with Gasteiger partial charge in [-0.15, -0.1) is 0 Å². The average Bonchev–Trinajstić information content (AvgIpc) is 2.79. The Morgan fingerprint density at radius 3 is 2.30 bits per heavy atom. The average molecular weight is 401 g/mol. The van der Waals surface area contributed by atoms with E-state index in [1.165, 1.54) is 62.5 Å². The van der Waals surface area contributed by atoms with Crippen molar-refractivity contribution in [1.82, 2.24) is 0 Å². The summed E-state index contributed by atoms with van der Waals surface area (Å²) in [5.74, 6) is 8.72. The smallest absolute Gasteiger partial charge is 0.119 e. The number of aryl methyl sites for hydroxylation is 1. The normalized spacial score (nSPS) is 18.7. The van der Waals surface area contributed by atoms with Crippen molar-refractivity contribution in [1.29, 1.82) is 0 Å². The first-order valence-corrected chi connectivity index (χ1v) is 11.8. The molecule has 3 rings (SSSR count). The predicted molar refractivity (Wildman–Crippen MR) is 128 cm³/mol. The van der Waals surface area contributed by atoms with Gasteiger partial charge in [-0.05, 0) is 98.8 Å². The van der Waals surface area contributed by atoms with Gasteiger partial charge in [0.05, 0.1) is 6.61 Å². The van der Waals surface area contributed by atoms with E-state index in [1.54, 1.807) is 0 Å². The van der Waals surface area contributed by atoms with Gasteiger partial charge in [0, 0.05) is 5.56 Å². The Bertz CT molecular complexity index is 825. The molecule has 1 fully saturated rings. The molecule has 1 aliphatic carbocycles. The van der Waals surface area contributed by atoms with Crippen molar-refractivity contribution in [2.45, 2.75) is 71.1 Å². The first kappa shape index (κ1) is 22.2. The summed E-state index contributed by atoms with van der Waals surface area (Å²) in [7, 11) is 0. The molecule has 1 nitrogen and oxygen atoms in total. The highest BCUT2D eigenvalue weighted by Crippen LogP contribution is 2.36. The van der Waals surface area contributed by atoms with Gasteiger partial charge >= 0.3 is 0 Å². The number of ether oxygens (including phenoxy) is 1. The number of rotatable bonds is 8. The number of benzene rings is 2. The van der Waals surface area contributed by atoms with E-state index in [4.69, 9.17) is 4.74 Å². The zero-order chi connectivity index (χ0) is 21.0. The zero-order valence-corrected chi connectivity index (χ0v) is 18.7. The third-order valence-corrected chi connectivity index (χ3v) is 6.13. The maximum absolute atomic E-state index is 5.47. The quantitative estimate of drug-likeness (QED) is 0.326. The van der Waals surface area contributed by atoms with E-state index in [9.17, 15) is 0 Å². The number of unbranched alkanes of at least 4 members (excludes halogenated alkanes) is 2. The molecule has 1 aliphatic rings. The first-order chi connectivity index (χ1) is 14.8. The van der Waals surface area contributed by atoms with Crippen molar-refractivity contribution in [3.63, 3.8) is 0 Å². The van der Waals surface area contributed by atoms with E-state index in [1.807, 2.05) is 37.3 Å². The first-order valence-electron chi connectivity index (χ1n) is 11.8. The summed E-state index contributed by atoms with van der Waals surface area (Å²) in [4.78, 5) is 0. The Labute approximate surface area is 183 Å². The summed E-state index contributed by atoms with van der Waals surface area (Å²) >= 11 is 0. The minimum atomic E-state index is 0.671. The van der Waals surface area contributed by atoms with Crippen LogP contribution in [-0.4, -0.2) is 6.61 Å². The summed E-state index contributed by atoms with van der Waals surface area (Å²) < 4.78 is 5.47. The monoisotopic (exact) mass is 400 g/mol. The lowest BCUT2D eigenvalue weighted by Gasteiger charge is -2.27. The molecule has 0 radical (unpaired) electrons. The van der Waals surface area contributed by atoms with Gasteiger partial charge in [0.15, 0.2) is 0 Å². The van der Waals surface area contributed by atoms with Crippen molar-refractivity contribution in [3.8, 4) is 17.6 Å². The van der Waals surface area contributed by atoms with E-state index in [-0.39, 0.29) is 0 Å². The van der Waals surface area contributed by atoms with Gasteiger partial charge in [-0.2, -0.15) is 0 Å². The summed E-state index contributed by atoms with van der Waals surface area (Å²) in [5, 5.41) is 0. The molecule has 0 amide bonds. The lowest BCUT2D eigenvalue weighted by atomic mass is 9.78. The molecule has 0 heterocycles. The summed E-state index contributed by atoms with van der Waals surface area (Å²) in [6.07, 6.45) is 14.6. The maximum atomic E-state index is 5.47. The fraction of sp³-hybridized carbons (Fsp3) is 0.448. The summed E-state index contributed by atoms with van der Waals surface area (Å²) in [6, 6.07) is 17.5. The summed E-state index contributed by atoms with van der Waals surface area (Å²) in [5.41, 5.74) is 4.06. The van der Waals surface area contributed by atoms with Crippen LogP contribution in [-0.2, 0) is 6.42 Å². The Morgan fingerprint density at radius 2 is 1.63 bits per heavy atom. The van der Waals surface area contributed by atoms with Crippen LogP contribution >= 0.6 is 0 Å². The SMILES string of the molecule is CCCCCc1ccc(C2CCC(/C=C/C#Cc3ccc(OCC)cc3)CC2)cc1. The molecule has 0 bridgehead atoms. The molecule has 30 heavy (non-hydrogen) atoms. The molecule has 0 aliphatic heterocycles. The maximum Gasteiger partial charge on any atom is 0.119 e. The molecule has 1 heteroatoms. The van der Waals surface area contributed by atoms with Gasteiger partial charge in [-0.1, -0.05) is 61.9 Å². The molecule has 2 aromatic rings. The van der Waals surface area contributed by atoms with Gasteiger partial charge in [0.2, 0.25) is 0 Å². The van der Waals surface area contributed by atoms with E-state index in [0.29, 0.717) is 12.5 Å². The highest BCUT2D eigenvalue weighted by Gasteiger charge is 2.20. The van der Waals surface area contributed by atoms with Crippen LogP contribution < -0.4 is 4.74 Å². The van der Waals surface area contributed by atoms with Crippen molar-refractivity contribution in [2.24, 2.45) is 5.92 Å². The molecular weight excluding hydrogens is 364 g/mol. The number of hydrogen-bond acceptors (Lipinski definition) is 1. The fourth-order valence-corrected chi connectivity index (χ4v) is 4.29. The highest BCUT2D eigenvalue weighted by molar-refractivity contribution is 5.40. The molecule has 2 aromatic carbocycles. The van der Waals surface area contributed by atoms with E-state index in [0.717, 1.165) is 17.2 Å². The van der Waals surface area contributed by atoms with Gasteiger partial charge in [-0.3, -0.25) is 0 Å². The third kappa shape index (κ3) is 7.10. The van der Waals surface area contributed by atoms with Crippen molar-refractivity contribution in [2.75, 3.05) is 6.61 Å². The molecule has 0 spiro atoms. The topological polar surface area (TPSA) is 9.23 Å². The van der Waals surface area contributed by atoms with Crippen LogP contribution in [0, 0.1) is 17.8 Å². The Balaban J connectivity index is 1.43. The second-order valence-electron chi connectivity index (χ2n) is 8.40. The molecule has 158 valence electrons. The number of hydrogen-bond donors (Lipinski definition) is 0. The van der Waals surface area contributed by atoms with E-state index >= 15 is 0 Å². The Morgan fingerprint density at radius 1 is 0.900 bits per heavy atom. The third-order valence-electron chi connectivity index (χ3n) is 6.13. The Hall–Kier alpha value is -2.46. The summed E-state index contributed by atoms with van der Waals surface area (Å²) in [6.45, 7) is 4.96. The van der Waals surface area contributed by atoms with Crippen LogP contribution in [0.15, 0.2) is 60.7 Å². The lowest BCUT2D eigenvalue weighted by Crippen LogP contribution is -2.11. The highest BCUT2D eigenvalue weighted by atomic mass is 16.5. The van der Waals surface area contributed by atoms with Crippen LogP contribution in [0.2, 0.25) is 0 Å². The van der Waals surface area contributed by atoms with Gasteiger partial charge in [0.25, 0.3) is 0 Å². The molecule has 0 atom stereocenters. The second kappa shape index (κ2) is 12.3. The van der Waals surface area contributed by atoms with Crippen LogP contribution in [0.3, 0.4) is 0 Å². The van der Waals surface area contributed by atoms with E-state index < -0.39 is 0 Å². The predicted octanol–water partition coefficient (Wildman–Crippen LogP) is 7.70. The van der Waals surface area contributed by atoms with Gasteiger partial charge in [0.1, 0.15) is 5.75 Å². The number of allylic oxidation sites excluding steroid dienone is 2. The molecule has 0 aromatic heterocycles. The lowest BCUT2D eigenvalue weighted by molar-refractivity contribution is 0.340. The van der Waals surface area contributed by atoms with Crippen LogP contribution in [0.4, 0.5) is 0 Å². The molecule has 0 unspecified atom stereocenters. The molecule has 0 saturated heterocycles. The van der Waals surface area contributed by atoms with Crippen molar-refractivity contribution < 1.29 is 4.74 Å². The Kier molecular flexibility index (Phi) is 9.10. The fourth-order valence-electron chi connectivity index (χ4n) is 4.29. The van der Waals surface area contributed by atoms with Gasteiger partial charge in [-0.25, -0.2) is 0 Å². The van der Waals surface area contributed by atoms with E-state index in [2.05, 4.69) is 49.1 Å². The largest absolute Gasteiger partial charge is 0.494 e. The molecule has 1 saturated carbocycles. The standard InChI is InChI=1S/C29H36O/c1-3-5-6-9-24-12-18-27(19-13-24)28-20-14-25(15-21-28)10-7-8-11-26-16-22-29(23-17-26)30-4-2/h7,10,12-13,16-19,22-23,25,28H,3-6,9,14-15,20-21H2,1-2H3/b10-7+. The molecule has 0 N–H and O–H groups in total. The van der Waals surface area contributed by atoms with Crippen LogP contribution in [0.25, 0.3) is 0 Å².